The maximum Gasteiger partial charge on any atom is 0.0133 e. The van der Waals surface area contributed by atoms with Crippen molar-refractivity contribution in [1.82, 2.24) is 0 Å². The molecule has 0 bridgehead atoms. The Bertz CT molecular complexity index is 375. The van der Waals surface area contributed by atoms with E-state index in [1.54, 1.807) is 11.1 Å². The van der Waals surface area contributed by atoms with Gasteiger partial charge in [-0.25, -0.2) is 0 Å². The zero-order valence-corrected chi connectivity index (χ0v) is 11.5. The largest absolute Gasteiger partial charge is 0.0572 e. The molecule has 1 aliphatic carbocycles. The van der Waals surface area contributed by atoms with Gasteiger partial charge in [-0.15, -0.1) is 0 Å². The number of benzene rings is 1. The van der Waals surface area contributed by atoms with Crippen LogP contribution in [0.5, 0.6) is 0 Å². The van der Waals surface area contributed by atoms with Crippen LogP contribution in [0.3, 0.4) is 0 Å². The SMILES string of the molecule is CC1(C)CC(C)(C)c2cc(I)ccc21. The van der Waals surface area contributed by atoms with E-state index in [0.717, 1.165) is 0 Å². The zero-order valence-electron chi connectivity index (χ0n) is 9.32. The molecule has 76 valence electrons. The topological polar surface area (TPSA) is 0 Å². The predicted octanol–water partition coefficient (Wildman–Crippen LogP) is 4.25. The van der Waals surface area contributed by atoms with E-state index in [1.807, 2.05) is 0 Å². The maximum absolute atomic E-state index is 2.40. The first-order chi connectivity index (χ1) is 6.33. The van der Waals surface area contributed by atoms with Crippen LogP contribution in [0.1, 0.15) is 45.2 Å². The molecule has 0 saturated heterocycles. The number of halogens is 1. The fourth-order valence-electron chi connectivity index (χ4n) is 2.96. The molecule has 2 rings (SSSR count). The van der Waals surface area contributed by atoms with E-state index in [-0.39, 0.29) is 0 Å². The smallest absolute Gasteiger partial charge is 0.0133 e. The summed E-state index contributed by atoms with van der Waals surface area (Å²) in [6, 6.07) is 6.89. The molecule has 0 atom stereocenters. The molecule has 1 aromatic rings. The van der Waals surface area contributed by atoms with Gasteiger partial charge < -0.3 is 0 Å². The summed E-state index contributed by atoms with van der Waals surface area (Å²) in [6.07, 6.45) is 1.26. The third kappa shape index (κ3) is 1.50. The van der Waals surface area contributed by atoms with Crippen molar-refractivity contribution in [3.63, 3.8) is 0 Å². The van der Waals surface area contributed by atoms with E-state index in [4.69, 9.17) is 0 Å². The Hall–Kier alpha value is -0.0500. The summed E-state index contributed by atoms with van der Waals surface area (Å²) in [5.74, 6) is 0. The lowest BCUT2D eigenvalue weighted by Gasteiger charge is -2.22. The van der Waals surface area contributed by atoms with Crippen LogP contribution in [0, 0.1) is 3.57 Å². The van der Waals surface area contributed by atoms with Crippen LogP contribution >= 0.6 is 22.6 Å². The minimum Gasteiger partial charge on any atom is -0.0572 e. The molecule has 0 nitrogen and oxygen atoms in total. The summed E-state index contributed by atoms with van der Waals surface area (Å²) in [5.41, 5.74) is 3.79. The Balaban J connectivity index is 2.66. The lowest BCUT2D eigenvalue weighted by atomic mass is 9.82. The minimum absolute atomic E-state index is 0.347. The number of fused-ring (bicyclic) bond motifs is 1. The Morgan fingerprint density at radius 1 is 1.00 bits per heavy atom. The summed E-state index contributed by atoms with van der Waals surface area (Å²) in [4.78, 5) is 0. The van der Waals surface area contributed by atoms with Crippen LogP contribution in [0.25, 0.3) is 0 Å². The Morgan fingerprint density at radius 3 is 2.21 bits per heavy atom. The molecule has 1 heteroatoms. The van der Waals surface area contributed by atoms with Crippen molar-refractivity contribution in [3.05, 3.63) is 32.9 Å². The molecule has 0 unspecified atom stereocenters. The van der Waals surface area contributed by atoms with Gasteiger partial charge in [-0.1, -0.05) is 33.8 Å². The third-order valence-corrected chi connectivity index (χ3v) is 3.99. The average molecular weight is 300 g/mol. The predicted molar refractivity (Wildman–Crippen MR) is 69.8 cm³/mol. The van der Waals surface area contributed by atoms with Crippen LogP contribution in [-0.2, 0) is 10.8 Å². The van der Waals surface area contributed by atoms with Crippen molar-refractivity contribution in [2.24, 2.45) is 0 Å². The van der Waals surface area contributed by atoms with Crippen molar-refractivity contribution in [3.8, 4) is 0 Å². The first-order valence-corrected chi connectivity index (χ1v) is 6.21. The summed E-state index contributed by atoms with van der Waals surface area (Å²) in [6.45, 7) is 9.42. The van der Waals surface area contributed by atoms with Gasteiger partial charge >= 0.3 is 0 Å². The van der Waals surface area contributed by atoms with Crippen molar-refractivity contribution in [1.29, 1.82) is 0 Å². The average Bonchev–Trinajstić information content (AvgIpc) is 2.17. The molecule has 0 spiro atoms. The third-order valence-electron chi connectivity index (χ3n) is 3.32. The van der Waals surface area contributed by atoms with Crippen molar-refractivity contribution >= 4 is 22.6 Å². The Kier molecular flexibility index (Phi) is 2.22. The van der Waals surface area contributed by atoms with Crippen LogP contribution in [0.4, 0.5) is 0 Å². The normalized spacial score (nSPS) is 22.1. The van der Waals surface area contributed by atoms with Crippen LogP contribution in [0.15, 0.2) is 18.2 Å². The van der Waals surface area contributed by atoms with Crippen molar-refractivity contribution < 1.29 is 0 Å². The van der Waals surface area contributed by atoms with Crippen LogP contribution < -0.4 is 0 Å². The fraction of sp³-hybridized carbons (Fsp3) is 0.538. The Labute approximate surface area is 100 Å². The van der Waals surface area contributed by atoms with Gasteiger partial charge in [0, 0.05) is 3.57 Å². The van der Waals surface area contributed by atoms with Crippen LogP contribution in [-0.4, -0.2) is 0 Å². The molecular weight excluding hydrogens is 283 g/mol. The second-order valence-electron chi connectivity index (χ2n) is 5.63. The highest BCUT2D eigenvalue weighted by atomic mass is 127. The molecule has 0 aromatic heterocycles. The van der Waals surface area contributed by atoms with E-state index in [9.17, 15) is 0 Å². The molecule has 0 fully saturated rings. The molecule has 0 heterocycles. The molecule has 14 heavy (non-hydrogen) atoms. The van der Waals surface area contributed by atoms with Gasteiger partial charge in [0.25, 0.3) is 0 Å². The van der Waals surface area contributed by atoms with E-state index in [2.05, 4.69) is 68.5 Å². The lowest BCUT2D eigenvalue weighted by molar-refractivity contribution is 0.403. The highest BCUT2D eigenvalue weighted by Gasteiger charge is 2.41. The number of rotatable bonds is 0. The van der Waals surface area contributed by atoms with Gasteiger partial charge in [-0.05, 0) is 63.1 Å². The molecule has 1 aliphatic rings. The molecule has 0 aliphatic heterocycles. The molecule has 0 amide bonds. The lowest BCUT2D eigenvalue weighted by Crippen LogP contribution is -2.17. The first-order valence-electron chi connectivity index (χ1n) is 5.13. The van der Waals surface area contributed by atoms with Gasteiger partial charge in [0.1, 0.15) is 0 Å². The number of hydrogen-bond acceptors (Lipinski definition) is 0. The first kappa shape index (κ1) is 10.5. The van der Waals surface area contributed by atoms with Gasteiger partial charge in [0.05, 0.1) is 0 Å². The fourth-order valence-corrected chi connectivity index (χ4v) is 3.45. The minimum atomic E-state index is 0.347. The summed E-state index contributed by atoms with van der Waals surface area (Å²) in [5, 5.41) is 0. The van der Waals surface area contributed by atoms with Gasteiger partial charge in [0.15, 0.2) is 0 Å². The molecule has 0 N–H and O–H groups in total. The second kappa shape index (κ2) is 2.97. The van der Waals surface area contributed by atoms with E-state index >= 15 is 0 Å². The van der Waals surface area contributed by atoms with Gasteiger partial charge in [0.2, 0.25) is 0 Å². The van der Waals surface area contributed by atoms with E-state index < -0.39 is 0 Å². The molecule has 0 radical (unpaired) electrons. The maximum atomic E-state index is 2.40. The molecular formula is C13H17I. The standard InChI is InChI=1S/C13H17I/c1-12(2)8-13(3,4)11-7-9(14)5-6-10(11)12/h5-7H,8H2,1-4H3. The van der Waals surface area contributed by atoms with Crippen molar-refractivity contribution in [2.45, 2.75) is 44.9 Å². The highest BCUT2D eigenvalue weighted by Crippen LogP contribution is 2.49. The highest BCUT2D eigenvalue weighted by molar-refractivity contribution is 14.1. The van der Waals surface area contributed by atoms with Gasteiger partial charge in [-0.2, -0.15) is 0 Å². The second-order valence-corrected chi connectivity index (χ2v) is 6.88. The summed E-state index contributed by atoms with van der Waals surface area (Å²) in [7, 11) is 0. The van der Waals surface area contributed by atoms with Gasteiger partial charge in [-0.3, -0.25) is 0 Å². The van der Waals surface area contributed by atoms with Crippen LogP contribution in [0.2, 0.25) is 0 Å². The molecule has 1 aromatic carbocycles. The van der Waals surface area contributed by atoms with Crippen molar-refractivity contribution in [2.75, 3.05) is 0 Å². The van der Waals surface area contributed by atoms with E-state index in [0.29, 0.717) is 10.8 Å². The Morgan fingerprint density at radius 2 is 1.57 bits per heavy atom. The molecule has 0 saturated carbocycles. The summed E-state index contributed by atoms with van der Waals surface area (Å²) >= 11 is 2.40. The van der Waals surface area contributed by atoms with E-state index in [1.165, 1.54) is 9.99 Å². The quantitative estimate of drug-likeness (QED) is 0.628. The monoisotopic (exact) mass is 300 g/mol. The number of hydrogen-bond donors (Lipinski definition) is 0. The summed E-state index contributed by atoms with van der Waals surface area (Å²) < 4.78 is 1.35. The zero-order chi connectivity index (χ0) is 10.6.